The summed E-state index contributed by atoms with van der Waals surface area (Å²) in [4.78, 5) is 22.2. The Hall–Kier alpha value is -1.26. The van der Waals surface area contributed by atoms with Gasteiger partial charge in [-0.25, -0.2) is 4.79 Å². The molecule has 5 nitrogen and oxygen atoms in total. The van der Waals surface area contributed by atoms with E-state index in [1.807, 2.05) is 13.8 Å². The van der Waals surface area contributed by atoms with Crippen molar-refractivity contribution in [2.45, 2.75) is 53.1 Å². The standard InChI is InChI=1S/C12H22O5/c1-9(2)6-7-10(13)15-8-16-11(14)17-12(3,4)5/h9H,6-8H2,1-5H3. The summed E-state index contributed by atoms with van der Waals surface area (Å²) >= 11 is 0. The van der Waals surface area contributed by atoms with Gasteiger partial charge >= 0.3 is 12.1 Å². The molecule has 0 amide bonds. The Bertz CT molecular complexity index is 252. The van der Waals surface area contributed by atoms with Crippen LogP contribution in [0.3, 0.4) is 0 Å². The SMILES string of the molecule is CC(C)CCC(=O)OCOC(=O)OC(C)(C)C. The second-order valence-corrected chi connectivity index (χ2v) is 5.18. The first-order valence-corrected chi connectivity index (χ1v) is 5.72. The molecule has 0 fully saturated rings. The zero-order valence-corrected chi connectivity index (χ0v) is 11.2. The topological polar surface area (TPSA) is 61.8 Å². The third-order valence-electron chi connectivity index (χ3n) is 1.71. The van der Waals surface area contributed by atoms with E-state index in [2.05, 4.69) is 4.74 Å². The minimum absolute atomic E-state index is 0.329. The van der Waals surface area contributed by atoms with Crippen LogP contribution in [0.15, 0.2) is 0 Å². The molecule has 0 rings (SSSR count). The summed E-state index contributed by atoms with van der Waals surface area (Å²) in [6.07, 6.45) is 0.245. The molecule has 17 heavy (non-hydrogen) atoms. The number of hydrogen-bond acceptors (Lipinski definition) is 5. The first kappa shape index (κ1) is 15.7. The van der Waals surface area contributed by atoms with Gasteiger partial charge in [0.15, 0.2) is 0 Å². The van der Waals surface area contributed by atoms with E-state index < -0.39 is 18.5 Å². The van der Waals surface area contributed by atoms with E-state index in [0.717, 1.165) is 6.42 Å². The highest BCUT2D eigenvalue weighted by atomic mass is 16.8. The maximum Gasteiger partial charge on any atom is 0.511 e. The molecule has 0 aliphatic carbocycles. The lowest BCUT2D eigenvalue weighted by Crippen LogP contribution is -2.25. The normalized spacial score (nSPS) is 11.2. The maximum atomic E-state index is 11.2. The molecule has 5 heteroatoms. The first-order chi connectivity index (χ1) is 7.70. The molecule has 0 atom stereocenters. The van der Waals surface area contributed by atoms with Gasteiger partial charge in [-0.15, -0.1) is 0 Å². The van der Waals surface area contributed by atoms with E-state index in [0.29, 0.717) is 12.3 Å². The molecule has 100 valence electrons. The quantitative estimate of drug-likeness (QED) is 0.551. The number of rotatable bonds is 5. The van der Waals surface area contributed by atoms with Crippen molar-refractivity contribution < 1.29 is 23.8 Å². The van der Waals surface area contributed by atoms with Crippen LogP contribution in [0.1, 0.15) is 47.5 Å². The van der Waals surface area contributed by atoms with E-state index in [-0.39, 0.29) is 5.97 Å². The smallest absolute Gasteiger partial charge is 0.428 e. The predicted molar refractivity (Wildman–Crippen MR) is 62.4 cm³/mol. The van der Waals surface area contributed by atoms with E-state index in [9.17, 15) is 9.59 Å². The lowest BCUT2D eigenvalue weighted by atomic mass is 10.1. The first-order valence-electron chi connectivity index (χ1n) is 5.72. The van der Waals surface area contributed by atoms with Crippen LogP contribution in [-0.2, 0) is 19.0 Å². The minimum atomic E-state index is -0.839. The number of carbonyl (C=O) groups is 2. The zero-order chi connectivity index (χ0) is 13.5. The van der Waals surface area contributed by atoms with Crippen molar-refractivity contribution in [3.63, 3.8) is 0 Å². The summed E-state index contributed by atoms with van der Waals surface area (Å²) < 4.78 is 14.2. The van der Waals surface area contributed by atoms with Crippen molar-refractivity contribution in [3.05, 3.63) is 0 Å². The Morgan fingerprint density at radius 3 is 2.18 bits per heavy atom. The summed E-state index contributed by atoms with van der Waals surface area (Å²) in [5.41, 5.74) is -0.612. The average molecular weight is 246 g/mol. The van der Waals surface area contributed by atoms with Gasteiger partial charge in [0.1, 0.15) is 5.60 Å². The van der Waals surface area contributed by atoms with E-state index >= 15 is 0 Å². The van der Waals surface area contributed by atoms with Crippen molar-refractivity contribution in [3.8, 4) is 0 Å². The lowest BCUT2D eigenvalue weighted by Gasteiger charge is -2.18. The molecule has 0 unspecified atom stereocenters. The van der Waals surface area contributed by atoms with Crippen molar-refractivity contribution in [1.29, 1.82) is 0 Å². The zero-order valence-electron chi connectivity index (χ0n) is 11.2. The lowest BCUT2D eigenvalue weighted by molar-refractivity contribution is -0.154. The Labute approximate surface area is 102 Å². The number of carbonyl (C=O) groups excluding carboxylic acids is 2. The van der Waals surface area contributed by atoms with Gasteiger partial charge in [-0.05, 0) is 33.1 Å². The van der Waals surface area contributed by atoms with Gasteiger partial charge in [0, 0.05) is 6.42 Å². The number of hydrogen-bond donors (Lipinski definition) is 0. The van der Waals surface area contributed by atoms with Gasteiger partial charge in [0.2, 0.25) is 6.79 Å². The highest BCUT2D eigenvalue weighted by Gasteiger charge is 2.17. The highest BCUT2D eigenvalue weighted by Crippen LogP contribution is 2.08. The Balaban J connectivity index is 3.63. The van der Waals surface area contributed by atoms with Crippen molar-refractivity contribution in [1.82, 2.24) is 0 Å². The van der Waals surface area contributed by atoms with Crippen LogP contribution in [0.4, 0.5) is 4.79 Å². The number of esters is 1. The summed E-state index contributed by atoms with van der Waals surface area (Å²) in [6.45, 7) is 8.81. The van der Waals surface area contributed by atoms with Crippen LogP contribution >= 0.6 is 0 Å². The molecule has 0 aliphatic heterocycles. The molecular weight excluding hydrogens is 224 g/mol. The summed E-state index contributed by atoms with van der Waals surface area (Å²) in [6, 6.07) is 0. The second kappa shape index (κ2) is 7.14. The Kier molecular flexibility index (Phi) is 6.61. The van der Waals surface area contributed by atoms with E-state index in [1.54, 1.807) is 20.8 Å². The summed E-state index contributed by atoms with van der Waals surface area (Å²) in [7, 11) is 0. The van der Waals surface area contributed by atoms with Crippen LogP contribution in [0.2, 0.25) is 0 Å². The van der Waals surface area contributed by atoms with Gasteiger partial charge in [-0.1, -0.05) is 13.8 Å². The van der Waals surface area contributed by atoms with Crippen molar-refractivity contribution >= 4 is 12.1 Å². The second-order valence-electron chi connectivity index (χ2n) is 5.18. The summed E-state index contributed by atoms with van der Waals surface area (Å²) in [5, 5.41) is 0. The molecular formula is C12H22O5. The molecule has 0 saturated heterocycles. The molecule has 0 aromatic heterocycles. The fourth-order valence-corrected chi connectivity index (χ4v) is 0.901. The van der Waals surface area contributed by atoms with Crippen LogP contribution in [0.25, 0.3) is 0 Å². The maximum absolute atomic E-state index is 11.2. The van der Waals surface area contributed by atoms with Gasteiger partial charge < -0.3 is 14.2 Å². The molecule has 0 aromatic rings. The molecule has 0 radical (unpaired) electrons. The van der Waals surface area contributed by atoms with Gasteiger partial charge in [-0.3, -0.25) is 4.79 Å². The van der Waals surface area contributed by atoms with Gasteiger partial charge in [0.05, 0.1) is 0 Å². The molecule has 0 bridgehead atoms. The van der Waals surface area contributed by atoms with E-state index in [4.69, 9.17) is 9.47 Å². The van der Waals surface area contributed by atoms with Gasteiger partial charge in [0.25, 0.3) is 0 Å². The third kappa shape index (κ3) is 11.0. The molecule has 0 spiro atoms. The number of ether oxygens (including phenoxy) is 3. The third-order valence-corrected chi connectivity index (χ3v) is 1.71. The molecule has 0 N–H and O–H groups in total. The molecule has 0 heterocycles. The highest BCUT2D eigenvalue weighted by molar-refractivity contribution is 5.69. The Morgan fingerprint density at radius 1 is 1.12 bits per heavy atom. The van der Waals surface area contributed by atoms with Gasteiger partial charge in [-0.2, -0.15) is 0 Å². The summed E-state index contributed by atoms with van der Waals surface area (Å²) in [5.74, 6) is 0.0663. The fourth-order valence-electron chi connectivity index (χ4n) is 0.901. The van der Waals surface area contributed by atoms with Crippen LogP contribution in [0, 0.1) is 5.92 Å². The minimum Gasteiger partial charge on any atom is -0.428 e. The van der Waals surface area contributed by atoms with Crippen LogP contribution in [0.5, 0.6) is 0 Å². The molecule has 0 aromatic carbocycles. The van der Waals surface area contributed by atoms with Crippen molar-refractivity contribution in [2.24, 2.45) is 5.92 Å². The predicted octanol–water partition coefficient (Wildman–Crippen LogP) is 2.88. The van der Waals surface area contributed by atoms with Crippen LogP contribution in [-0.4, -0.2) is 24.5 Å². The molecule has 0 aliphatic rings. The average Bonchev–Trinajstić information content (AvgIpc) is 2.11. The van der Waals surface area contributed by atoms with Crippen molar-refractivity contribution in [2.75, 3.05) is 6.79 Å². The molecule has 0 saturated carbocycles. The Morgan fingerprint density at radius 2 is 1.71 bits per heavy atom. The largest absolute Gasteiger partial charge is 0.511 e. The fraction of sp³-hybridized carbons (Fsp3) is 0.833. The monoisotopic (exact) mass is 246 g/mol. The van der Waals surface area contributed by atoms with E-state index in [1.165, 1.54) is 0 Å². The van der Waals surface area contributed by atoms with Crippen LogP contribution < -0.4 is 0 Å².